The minimum atomic E-state index is -0.204. The van der Waals surface area contributed by atoms with Gasteiger partial charge >= 0.3 is 6.03 Å². The van der Waals surface area contributed by atoms with Crippen molar-refractivity contribution >= 4 is 27.9 Å². The maximum atomic E-state index is 12.4. The van der Waals surface area contributed by atoms with Crippen molar-refractivity contribution in [2.45, 2.75) is 31.3 Å². The molecule has 1 aromatic rings. The van der Waals surface area contributed by atoms with Crippen molar-refractivity contribution < 1.29 is 14.7 Å². The molecule has 3 amide bonds. The Hall–Kier alpha value is -1.60. The summed E-state index contributed by atoms with van der Waals surface area (Å²) in [6, 6.07) is 7.48. The van der Waals surface area contributed by atoms with Crippen molar-refractivity contribution in [3.63, 3.8) is 0 Å². The van der Waals surface area contributed by atoms with Crippen LogP contribution in [0.2, 0.25) is 0 Å². The van der Waals surface area contributed by atoms with Crippen molar-refractivity contribution in [1.29, 1.82) is 0 Å². The Labute approximate surface area is 149 Å². The minimum Gasteiger partial charge on any atom is -0.394 e. The van der Waals surface area contributed by atoms with Gasteiger partial charge in [0.05, 0.1) is 18.7 Å². The summed E-state index contributed by atoms with van der Waals surface area (Å²) in [7, 11) is 0. The van der Waals surface area contributed by atoms with E-state index in [1.165, 1.54) is 0 Å². The van der Waals surface area contributed by atoms with Gasteiger partial charge < -0.3 is 20.2 Å². The topological polar surface area (TPSA) is 72.9 Å². The molecule has 6 nitrogen and oxygen atoms in total. The highest BCUT2D eigenvalue weighted by Crippen LogP contribution is 2.43. The summed E-state index contributed by atoms with van der Waals surface area (Å²) in [5.74, 6) is -0.0425. The molecular weight excluding hydrogens is 374 g/mol. The van der Waals surface area contributed by atoms with Crippen molar-refractivity contribution in [2.24, 2.45) is 0 Å². The van der Waals surface area contributed by atoms with Crippen LogP contribution in [0.5, 0.6) is 0 Å². The summed E-state index contributed by atoms with van der Waals surface area (Å²) in [5, 5.41) is 12.6. The lowest BCUT2D eigenvalue weighted by Gasteiger charge is -2.58. The van der Waals surface area contributed by atoms with Crippen LogP contribution < -0.4 is 5.32 Å². The predicted molar refractivity (Wildman–Crippen MR) is 93.7 cm³/mol. The van der Waals surface area contributed by atoms with E-state index in [0.717, 1.165) is 16.5 Å². The monoisotopic (exact) mass is 395 g/mol. The van der Waals surface area contributed by atoms with E-state index in [2.05, 4.69) is 21.2 Å². The Morgan fingerprint density at radius 2 is 2.08 bits per heavy atom. The van der Waals surface area contributed by atoms with Crippen LogP contribution in [0, 0.1) is 0 Å². The van der Waals surface area contributed by atoms with Crippen LogP contribution in [0.1, 0.15) is 24.8 Å². The van der Waals surface area contributed by atoms with E-state index in [1.807, 2.05) is 31.2 Å². The number of halogens is 1. The number of hydrogen-bond donors (Lipinski definition) is 2. The number of amides is 3. The first-order valence-electron chi connectivity index (χ1n) is 8.27. The average molecular weight is 396 g/mol. The number of benzene rings is 1. The largest absolute Gasteiger partial charge is 0.394 e. The maximum Gasteiger partial charge on any atom is 0.317 e. The average Bonchev–Trinajstić information content (AvgIpc) is 2.56. The normalized spacial score (nSPS) is 26.0. The van der Waals surface area contributed by atoms with Gasteiger partial charge in [-0.3, -0.25) is 4.79 Å². The number of carbonyl (C=O) groups excluding carboxylic acids is 2. The summed E-state index contributed by atoms with van der Waals surface area (Å²) in [6.45, 7) is 3.11. The highest BCUT2D eigenvalue weighted by Gasteiger charge is 2.54. The first kappa shape index (κ1) is 17.2. The van der Waals surface area contributed by atoms with Gasteiger partial charge in [-0.05, 0) is 24.1 Å². The van der Waals surface area contributed by atoms with Gasteiger partial charge in [-0.15, -0.1) is 0 Å². The molecule has 0 aromatic heterocycles. The maximum absolute atomic E-state index is 12.4. The zero-order chi connectivity index (χ0) is 17.3. The van der Waals surface area contributed by atoms with E-state index in [4.69, 9.17) is 0 Å². The molecule has 2 aliphatic rings. The third kappa shape index (κ3) is 3.02. The van der Waals surface area contributed by atoms with Crippen LogP contribution in [-0.4, -0.2) is 65.2 Å². The zero-order valence-electron chi connectivity index (χ0n) is 13.6. The van der Waals surface area contributed by atoms with Crippen LogP contribution in [0.3, 0.4) is 0 Å². The third-order valence-electron chi connectivity index (χ3n) is 4.82. The third-order valence-corrected chi connectivity index (χ3v) is 5.35. The van der Waals surface area contributed by atoms with E-state index in [-0.39, 0.29) is 43.1 Å². The molecule has 1 aromatic carbocycles. The van der Waals surface area contributed by atoms with Gasteiger partial charge in [0, 0.05) is 23.5 Å². The Morgan fingerprint density at radius 3 is 2.71 bits per heavy atom. The van der Waals surface area contributed by atoms with E-state index >= 15 is 0 Å². The van der Waals surface area contributed by atoms with E-state index in [0.29, 0.717) is 13.1 Å². The number of urea groups is 1. The Kier molecular flexibility index (Phi) is 5.10. The number of nitrogens with zero attached hydrogens (tertiary/aromatic N) is 2. The molecule has 0 radical (unpaired) electrons. The fourth-order valence-corrected chi connectivity index (χ4v) is 3.95. The zero-order valence-corrected chi connectivity index (χ0v) is 15.2. The number of fused-ring (bicyclic) bond motifs is 1. The van der Waals surface area contributed by atoms with Gasteiger partial charge in [0.15, 0.2) is 0 Å². The molecule has 2 aliphatic heterocycles. The van der Waals surface area contributed by atoms with Crippen molar-refractivity contribution in [3.8, 4) is 0 Å². The lowest BCUT2D eigenvalue weighted by molar-refractivity contribution is -0.159. The summed E-state index contributed by atoms with van der Waals surface area (Å²) in [6.07, 6.45) is 0.858. The number of nitrogens with one attached hydrogen (secondary N) is 1. The number of hydrogen-bond acceptors (Lipinski definition) is 3. The molecule has 0 bridgehead atoms. The highest BCUT2D eigenvalue weighted by molar-refractivity contribution is 9.10. The van der Waals surface area contributed by atoms with Gasteiger partial charge in [0.2, 0.25) is 5.91 Å². The number of rotatable bonds is 4. The fourth-order valence-electron chi connectivity index (χ4n) is 3.68. The second kappa shape index (κ2) is 7.11. The van der Waals surface area contributed by atoms with E-state index in [1.54, 1.807) is 9.80 Å². The predicted octanol–water partition coefficient (Wildman–Crippen LogP) is 1.54. The van der Waals surface area contributed by atoms with Crippen LogP contribution in [0.15, 0.2) is 28.7 Å². The lowest BCUT2D eigenvalue weighted by Crippen LogP contribution is -2.73. The van der Waals surface area contributed by atoms with E-state index < -0.39 is 0 Å². The van der Waals surface area contributed by atoms with Gasteiger partial charge in [-0.1, -0.05) is 35.0 Å². The molecule has 3 atom stereocenters. The first-order chi connectivity index (χ1) is 11.6. The van der Waals surface area contributed by atoms with Gasteiger partial charge in [0.25, 0.3) is 0 Å². The molecule has 0 unspecified atom stereocenters. The number of carbonyl (C=O) groups is 2. The Morgan fingerprint density at radius 1 is 1.38 bits per heavy atom. The fraction of sp³-hybridized carbons (Fsp3) is 0.529. The molecule has 24 heavy (non-hydrogen) atoms. The number of piperazine rings is 1. The summed E-state index contributed by atoms with van der Waals surface area (Å²) in [5.41, 5.74) is 1.09. The molecule has 0 saturated carbocycles. The van der Waals surface area contributed by atoms with E-state index in [9.17, 15) is 14.7 Å². The minimum absolute atomic E-state index is 0.0498. The van der Waals surface area contributed by atoms with Gasteiger partial charge in [-0.2, -0.15) is 0 Å². The van der Waals surface area contributed by atoms with Crippen molar-refractivity contribution in [2.75, 3.05) is 26.2 Å². The van der Waals surface area contributed by atoms with Gasteiger partial charge in [0.1, 0.15) is 6.54 Å². The molecule has 0 spiro atoms. The Bertz CT molecular complexity index is 622. The molecule has 130 valence electrons. The second-order valence-corrected chi connectivity index (χ2v) is 7.22. The molecule has 0 aliphatic carbocycles. The van der Waals surface area contributed by atoms with Crippen LogP contribution >= 0.6 is 15.9 Å². The lowest BCUT2D eigenvalue weighted by atomic mass is 9.74. The smallest absolute Gasteiger partial charge is 0.317 e. The highest BCUT2D eigenvalue weighted by atomic mass is 79.9. The van der Waals surface area contributed by atoms with Crippen molar-refractivity contribution in [1.82, 2.24) is 15.1 Å². The van der Waals surface area contributed by atoms with Crippen LogP contribution in [0.25, 0.3) is 0 Å². The van der Waals surface area contributed by atoms with Crippen LogP contribution in [0.4, 0.5) is 4.79 Å². The summed E-state index contributed by atoms with van der Waals surface area (Å²) in [4.78, 5) is 28.0. The quantitative estimate of drug-likeness (QED) is 0.811. The molecule has 2 N–H and O–H groups in total. The number of aliphatic hydroxyl groups excluding tert-OH is 1. The molecule has 2 saturated heterocycles. The molecular formula is C17H22BrN3O3. The SMILES string of the molecule is CCCNC(=O)N1CC(=O)N2[C@@H](CO)[C@H](c3ccc(Br)cc3)[C@@H]2C1. The van der Waals surface area contributed by atoms with Crippen molar-refractivity contribution in [3.05, 3.63) is 34.3 Å². The summed E-state index contributed by atoms with van der Waals surface area (Å²) >= 11 is 3.42. The van der Waals surface area contributed by atoms with Crippen LogP contribution in [-0.2, 0) is 4.79 Å². The summed E-state index contributed by atoms with van der Waals surface area (Å²) < 4.78 is 0.989. The molecule has 3 rings (SSSR count). The van der Waals surface area contributed by atoms with Gasteiger partial charge in [-0.25, -0.2) is 4.79 Å². The number of aliphatic hydroxyl groups is 1. The molecule has 2 fully saturated rings. The molecule has 7 heteroatoms. The Balaban J connectivity index is 1.78. The standard InChI is InChI=1S/C17H22BrN3O3/c1-2-7-19-17(24)20-8-13-16(11-3-5-12(18)6-4-11)14(10-22)21(13)15(23)9-20/h3-6,13-14,16,22H,2,7-10H2,1H3,(H,19,24)/t13-,14-,16+/m0/s1. The second-order valence-electron chi connectivity index (χ2n) is 6.31. The first-order valence-corrected chi connectivity index (χ1v) is 9.06. The molecule has 2 heterocycles.